The summed E-state index contributed by atoms with van der Waals surface area (Å²) in [5.74, 6) is -15.2. The van der Waals surface area contributed by atoms with Crippen LogP contribution in [0.4, 0.5) is 57.1 Å². The lowest BCUT2D eigenvalue weighted by Crippen LogP contribution is -2.69. The molecule has 0 fully saturated rings. The number of hydrogen-bond donors (Lipinski definition) is 0. The molecule has 0 aromatic heterocycles. The van der Waals surface area contributed by atoms with Gasteiger partial charge in [-0.1, -0.05) is 15.9 Å². The van der Waals surface area contributed by atoms with Gasteiger partial charge in [0.25, 0.3) is 0 Å². The largest absolute Gasteiger partial charge is 0.459 e. The molecule has 0 aromatic carbocycles. The Balaban J connectivity index is 6.84. The van der Waals surface area contributed by atoms with Crippen molar-refractivity contribution in [3.05, 3.63) is 11.1 Å². The topological polar surface area (TPSA) is 0 Å². The summed E-state index contributed by atoms with van der Waals surface area (Å²) < 4.78 is 162. The number of alkyl halides is 13. The van der Waals surface area contributed by atoms with Crippen molar-refractivity contribution in [2.45, 2.75) is 30.4 Å². The maximum absolute atomic E-state index is 13.2. The van der Waals surface area contributed by atoms with Crippen LogP contribution >= 0.6 is 15.9 Å². The molecule has 0 aliphatic carbocycles. The number of hydrogen-bond acceptors (Lipinski definition) is 0. The summed E-state index contributed by atoms with van der Waals surface area (Å²) in [6.45, 7) is 0. The van der Waals surface area contributed by atoms with E-state index in [1.54, 1.807) is 15.9 Å². The van der Waals surface area contributed by atoms with Crippen molar-refractivity contribution in [2.24, 2.45) is 5.41 Å². The van der Waals surface area contributed by atoms with Crippen molar-refractivity contribution >= 4 is 15.9 Å². The van der Waals surface area contributed by atoms with Crippen LogP contribution in [0.2, 0.25) is 0 Å². The highest BCUT2D eigenvalue weighted by Gasteiger charge is 2.91. The van der Waals surface area contributed by atoms with Crippen molar-refractivity contribution in [1.29, 1.82) is 0 Å². The van der Waals surface area contributed by atoms with Gasteiger partial charge in [0.2, 0.25) is 5.41 Å². The Bertz CT molecular complexity index is 409. The zero-order valence-electron chi connectivity index (χ0n) is 9.45. The third kappa shape index (κ3) is 2.77. The van der Waals surface area contributed by atoms with Gasteiger partial charge in [0.1, 0.15) is 0 Å². The Kier molecular flexibility index (Phi) is 5.27. The van der Waals surface area contributed by atoms with Gasteiger partial charge in [0.05, 0.1) is 0 Å². The fourth-order valence-corrected chi connectivity index (χ4v) is 1.73. The van der Waals surface area contributed by atoms with Gasteiger partial charge < -0.3 is 0 Å². The molecule has 0 saturated heterocycles. The molecule has 0 nitrogen and oxygen atoms in total. The predicted octanol–water partition coefficient (Wildman–Crippen LogP) is 5.84. The van der Waals surface area contributed by atoms with Gasteiger partial charge in [-0.3, -0.25) is 0 Å². The number of allylic oxidation sites excluding steroid dienone is 1. The summed E-state index contributed by atoms with van der Waals surface area (Å²) in [6.07, 6.45) is -23.3. The first-order valence-electron chi connectivity index (χ1n) is 4.55. The summed E-state index contributed by atoms with van der Waals surface area (Å²) in [4.78, 5) is -0.533. The third-order valence-corrected chi connectivity index (χ3v) is 2.72. The second-order valence-electron chi connectivity index (χ2n) is 3.74. The zero-order valence-corrected chi connectivity index (χ0v) is 11.0. The maximum Gasteiger partial charge on any atom is 0.459 e. The lowest BCUT2D eigenvalue weighted by molar-refractivity contribution is -0.445. The van der Waals surface area contributed by atoms with Gasteiger partial charge in [-0.05, 0) is 11.1 Å². The van der Waals surface area contributed by atoms with E-state index < -0.39 is 46.9 Å². The van der Waals surface area contributed by atoms with Gasteiger partial charge in [-0.2, -0.15) is 57.1 Å². The van der Waals surface area contributed by atoms with Crippen molar-refractivity contribution in [2.75, 3.05) is 0 Å². The van der Waals surface area contributed by atoms with Crippen LogP contribution in [0.1, 0.15) is 0 Å². The normalized spacial score (nSPS) is 16.5. The van der Waals surface area contributed by atoms with Crippen LogP contribution in [0.15, 0.2) is 11.1 Å². The molecule has 0 N–H and O–H groups in total. The predicted molar refractivity (Wildman–Crippen MR) is 48.6 cm³/mol. The van der Waals surface area contributed by atoms with Gasteiger partial charge in [0.15, 0.2) is 0 Å². The molecule has 0 amide bonds. The van der Waals surface area contributed by atoms with Crippen LogP contribution in [0.25, 0.3) is 0 Å². The molecule has 22 heavy (non-hydrogen) atoms. The SMILES string of the molecule is FC(F)(F)C(F)(F)C(F)(F)C(C=CBr)(C(F)(F)F)C(F)(F)F. The van der Waals surface area contributed by atoms with E-state index in [9.17, 15) is 57.1 Å². The second-order valence-corrected chi connectivity index (χ2v) is 4.27. The van der Waals surface area contributed by atoms with E-state index in [-0.39, 0.29) is 0 Å². The van der Waals surface area contributed by atoms with Crippen molar-refractivity contribution in [3.63, 3.8) is 0 Å². The Morgan fingerprint density at radius 2 is 0.818 bits per heavy atom. The van der Waals surface area contributed by atoms with Crippen LogP contribution in [0.5, 0.6) is 0 Å². The Labute approximate surface area is 121 Å². The standard InChI is InChI=1S/C8H2BrF13/c9-2-1-3(6(14,15)16,7(17,18)19)4(10,11)5(12,13)8(20,21)22/h1-2H. The fraction of sp³-hybridized carbons (Fsp3) is 0.750. The summed E-state index contributed by atoms with van der Waals surface area (Å²) in [6, 6.07) is 0. The molecule has 0 atom stereocenters. The highest BCUT2D eigenvalue weighted by molar-refractivity contribution is 9.11. The summed E-state index contributed by atoms with van der Waals surface area (Å²) in [5, 5.41) is 0. The number of rotatable bonds is 3. The van der Waals surface area contributed by atoms with Crippen LogP contribution in [0.3, 0.4) is 0 Å². The summed E-state index contributed by atoms with van der Waals surface area (Å²) in [7, 11) is 0. The van der Waals surface area contributed by atoms with Crippen molar-refractivity contribution in [1.82, 2.24) is 0 Å². The first-order chi connectivity index (χ1) is 9.31. The van der Waals surface area contributed by atoms with Crippen LogP contribution in [-0.2, 0) is 0 Å². The zero-order chi connectivity index (χ0) is 18.4. The molecule has 0 heterocycles. The van der Waals surface area contributed by atoms with E-state index in [1.165, 1.54) is 0 Å². The van der Waals surface area contributed by atoms with Gasteiger partial charge >= 0.3 is 30.4 Å². The third-order valence-electron chi connectivity index (χ3n) is 2.45. The fourth-order valence-electron chi connectivity index (χ4n) is 1.33. The molecule has 0 spiro atoms. The van der Waals surface area contributed by atoms with E-state index in [0.717, 1.165) is 0 Å². The Morgan fingerprint density at radius 3 is 1.00 bits per heavy atom. The molecular weight excluding hydrogens is 423 g/mol. The Hall–Kier alpha value is -0.690. The minimum absolute atomic E-state index is 0.533. The molecule has 0 bridgehead atoms. The van der Waals surface area contributed by atoms with E-state index in [4.69, 9.17) is 0 Å². The van der Waals surface area contributed by atoms with Gasteiger partial charge in [0, 0.05) is 0 Å². The van der Waals surface area contributed by atoms with Crippen LogP contribution < -0.4 is 0 Å². The van der Waals surface area contributed by atoms with Gasteiger partial charge in [-0.15, -0.1) is 0 Å². The molecule has 0 radical (unpaired) electrons. The van der Waals surface area contributed by atoms with Crippen LogP contribution in [-0.4, -0.2) is 30.4 Å². The van der Waals surface area contributed by atoms with Crippen molar-refractivity contribution in [3.8, 4) is 0 Å². The molecule has 14 heteroatoms. The lowest BCUT2D eigenvalue weighted by Gasteiger charge is -2.43. The lowest BCUT2D eigenvalue weighted by atomic mass is 9.76. The summed E-state index contributed by atoms with van der Waals surface area (Å²) >= 11 is 1.74. The van der Waals surface area contributed by atoms with E-state index in [1.807, 2.05) is 0 Å². The maximum atomic E-state index is 13.2. The molecule has 0 rings (SSSR count). The molecule has 0 unspecified atom stereocenters. The first-order valence-corrected chi connectivity index (χ1v) is 5.46. The molecule has 0 aromatic rings. The first kappa shape index (κ1) is 21.3. The van der Waals surface area contributed by atoms with E-state index >= 15 is 0 Å². The van der Waals surface area contributed by atoms with E-state index in [0.29, 0.717) is 0 Å². The molecular formula is C8H2BrF13. The highest BCUT2D eigenvalue weighted by Crippen LogP contribution is 2.66. The minimum Gasteiger partial charge on any atom is -0.198 e. The highest BCUT2D eigenvalue weighted by atomic mass is 79.9. The van der Waals surface area contributed by atoms with E-state index in [2.05, 4.69) is 0 Å². The minimum atomic E-state index is -7.61. The van der Waals surface area contributed by atoms with Crippen molar-refractivity contribution < 1.29 is 57.1 Å². The monoisotopic (exact) mass is 424 g/mol. The van der Waals surface area contributed by atoms with Crippen LogP contribution in [0, 0.1) is 5.41 Å². The quantitative estimate of drug-likeness (QED) is 0.499. The molecule has 0 aliphatic rings. The average Bonchev–Trinajstić information content (AvgIpc) is 2.19. The van der Waals surface area contributed by atoms with Gasteiger partial charge in [-0.25, -0.2) is 0 Å². The average molecular weight is 425 g/mol. The molecule has 0 saturated carbocycles. The smallest absolute Gasteiger partial charge is 0.198 e. The Morgan fingerprint density at radius 1 is 0.500 bits per heavy atom. The second kappa shape index (κ2) is 5.44. The number of halogens is 14. The molecule has 0 aliphatic heterocycles. The molecule has 132 valence electrons. The summed E-state index contributed by atoms with van der Waals surface area (Å²) in [5.41, 5.74) is -6.77.